The summed E-state index contributed by atoms with van der Waals surface area (Å²) in [4.78, 5) is 33.6. The highest BCUT2D eigenvalue weighted by molar-refractivity contribution is 7.17. The fraction of sp³-hybridized carbons (Fsp3) is 0.200. The smallest absolute Gasteiger partial charge is 0.324 e. The summed E-state index contributed by atoms with van der Waals surface area (Å²) in [6.45, 7) is 3.56. The highest BCUT2D eigenvalue weighted by atomic mass is 32.1. The number of rotatable bonds is 5. The van der Waals surface area contributed by atoms with E-state index in [2.05, 4.69) is 10.9 Å². The summed E-state index contributed by atoms with van der Waals surface area (Å²) in [5, 5.41) is 10.4. The second kappa shape index (κ2) is 7.55. The number of carbonyl (C=O) groups is 2. The molecule has 1 aromatic carbocycles. The zero-order valence-electron chi connectivity index (χ0n) is 13.0. The van der Waals surface area contributed by atoms with Crippen molar-refractivity contribution in [3.8, 4) is 5.75 Å². The van der Waals surface area contributed by atoms with Crippen molar-refractivity contribution in [1.29, 1.82) is 0 Å². The van der Waals surface area contributed by atoms with Crippen LogP contribution in [0.5, 0.6) is 5.75 Å². The minimum atomic E-state index is -0.632. The molecule has 2 amide bonds. The molecular weight excluding hydrogens is 334 g/mol. The van der Waals surface area contributed by atoms with E-state index < -0.39 is 16.7 Å². The first-order chi connectivity index (χ1) is 11.3. The fourth-order valence-electron chi connectivity index (χ4n) is 1.94. The summed E-state index contributed by atoms with van der Waals surface area (Å²) in [6, 6.07) is 8.11. The Balaban J connectivity index is 1.81. The van der Waals surface area contributed by atoms with E-state index in [1.54, 1.807) is 12.1 Å². The zero-order valence-corrected chi connectivity index (χ0v) is 13.8. The van der Waals surface area contributed by atoms with Crippen molar-refractivity contribution >= 4 is 28.2 Å². The van der Waals surface area contributed by atoms with Gasteiger partial charge >= 0.3 is 5.00 Å². The number of benzene rings is 1. The van der Waals surface area contributed by atoms with Crippen LogP contribution in [0.15, 0.2) is 30.3 Å². The molecule has 0 aliphatic rings. The van der Waals surface area contributed by atoms with Crippen molar-refractivity contribution in [3.63, 3.8) is 0 Å². The number of carbonyl (C=O) groups excluding carboxylic acids is 2. The van der Waals surface area contributed by atoms with Gasteiger partial charge in [0, 0.05) is 6.07 Å². The standard InChI is InChI=1S/C15H15N3O5S/c1-9-5-10(2)7-11(6-9)23-8-13(19)16-17-15(20)12-3-4-14(24-12)18(21)22/h3-7H,8H2,1-2H3,(H,16,19)(H,17,20). The van der Waals surface area contributed by atoms with Gasteiger partial charge in [0.2, 0.25) is 0 Å². The Bertz CT molecular complexity index is 767. The van der Waals surface area contributed by atoms with Gasteiger partial charge in [0.05, 0.1) is 4.92 Å². The molecule has 0 saturated heterocycles. The summed E-state index contributed by atoms with van der Waals surface area (Å²) >= 11 is 0.721. The number of aryl methyl sites for hydroxylation is 2. The van der Waals surface area contributed by atoms with Gasteiger partial charge in [0.1, 0.15) is 10.6 Å². The molecular formula is C15H15N3O5S. The zero-order chi connectivity index (χ0) is 17.7. The first-order valence-corrected chi connectivity index (χ1v) is 7.71. The summed E-state index contributed by atoms with van der Waals surface area (Å²) < 4.78 is 5.35. The molecule has 0 bridgehead atoms. The van der Waals surface area contributed by atoms with Crippen molar-refractivity contribution in [2.24, 2.45) is 0 Å². The molecule has 0 saturated carbocycles. The minimum Gasteiger partial charge on any atom is -0.484 e. The number of hydrazine groups is 1. The number of thiophene rings is 1. The average molecular weight is 349 g/mol. The molecule has 8 nitrogen and oxygen atoms in total. The maximum absolute atomic E-state index is 11.8. The van der Waals surface area contributed by atoms with E-state index in [4.69, 9.17) is 4.74 Å². The summed E-state index contributed by atoms with van der Waals surface area (Å²) in [7, 11) is 0. The van der Waals surface area contributed by atoms with E-state index >= 15 is 0 Å². The number of hydrogen-bond donors (Lipinski definition) is 2. The number of amides is 2. The Labute approximate surface area is 141 Å². The first-order valence-electron chi connectivity index (χ1n) is 6.89. The summed E-state index contributed by atoms with van der Waals surface area (Å²) in [6.07, 6.45) is 0. The highest BCUT2D eigenvalue weighted by Crippen LogP contribution is 2.23. The number of nitro groups is 1. The molecule has 24 heavy (non-hydrogen) atoms. The van der Waals surface area contributed by atoms with Crippen LogP contribution in [-0.4, -0.2) is 23.3 Å². The predicted octanol–water partition coefficient (Wildman–Crippen LogP) is 2.11. The Morgan fingerprint density at radius 3 is 2.42 bits per heavy atom. The van der Waals surface area contributed by atoms with Crippen LogP contribution in [0.25, 0.3) is 0 Å². The Morgan fingerprint density at radius 1 is 1.17 bits per heavy atom. The molecule has 1 aromatic heterocycles. The molecule has 0 atom stereocenters. The third-order valence-corrected chi connectivity index (χ3v) is 3.91. The number of ether oxygens (including phenoxy) is 1. The molecule has 0 fully saturated rings. The third-order valence-electron chi connectivity index (χ3n) is 2.88. The van der Waals surface area contributed by atoms with E-state index in [0.29, 0.717) is 5.75 Å². The van der Waals surface area contributed by atoms with Crippen LogP contribution in [-0.2, 0) is 4.79 Å². The van der Waals surface area contributed by atoms with Gasteiger partial charge < -0.3 is 4.74 Å². The molecule has 0 unspecified atom stereocenters. The molecule has 9 heteroatoms. The van der Waals surface area contributed by atoms with Crippen LogP contribution in [0, 0.1) is 24.0 Å². The second-order valence-electron chi connectivity index (χ2n) is 5.01. The highest BCUT2D eigenvalue weighted by Gasteiger charge is 2.15. The Morgan fingerprint density at radius 2 is 1.83 bits per heavy atom. The number of nitrogens with one attached hydrogen (secondary N) is 2. The minimum absolute atomic E-state index is 0.122. The van der Waals surface area contributed by atoms with Gasteiger partial charge in [-0.15, -0.1) is 0 Å². The van der Waals surface area contributed by atoms with E-state index in [-0.39, 0.29) is 16.5 Å². The lowest BCUT2D eigenvalue weighted by Gasteiger charge is -2.09. The molecule has 0 aliphatic carbocycles. The van der Waals surface area contributed by atoms with Gasteiger partial charge in [0.15, 0.2) is 6.61 Å². The van der Waals surface area contributed by atoms with Crippen LogP contribution in [0.4, 0.5) is 5.00 Å². The molecule has 126 valence electrons. The lowest BCUT2D eigenvalue weighted by molar-refractivity contribution is -0.380. The topological polar surface area (TPSA) is 111 Å². The molecule has 2 N–H and O–H groups in total. The number of nitrogens with zero attached hydrogens (tertiary/aromatic N) is 1. The molecule has 0 aliphatic heterocycles. The maximum atomic E-state index is 11.8. The quantitative estimate of drug-likeness (QED) is 0.634. The van der Waals surface area contributed by atoms with Gasteiger partial charge in [-0.3, -0.25) is 30.6 Å². The van der Waals surface area contributed by atoms with Gasteiger partial charge in [-0.05, 0) is 43.2 Å². The lowest BCUT2D eigenvalue weighted by Crippen LogP contribution is -2.43. The third kappa shape index (κ3) is 4.78. The van der Waals surface area contributed by atoms with E-state index in [1.165, 1.54) is 12.1 Å². The molecule has 2 rings (SSSR count). The largest absolute Gasteiger partial charge is 0.484 e. The van der Waals surface area contributed by atoms with Crippen molar-refractivity contribution in [2.45, 2.75) is 13.8 Å². The fourth-order valence-corrected chi connectivity index (χ4v) is 2.65. The van der Waals surface area contributed by atoms with E-state index in [1.807, 2.05) is 19.9 Å². The van der Waals surface area contributed by atoms with Crippen LogP contribution >= 0.6 is 11.3 Å². The van der Waals surface area contributed by atoms with Crippen LogP contribution in [0.2, 0.25) is 0 Å². The monoisotopic (exact) mass is 349 g/mol. The van der Waals surface area contributed by atoms with Crippen molar-refractivity contribution in [1.82, 2.24) is 10.9 Å². The summed E-state index contributed by atoms with van der Waals surface area (Å²) in [5.41, 5.74) is 6.40. The first kappa shape index (κ1) is 17.4. The van der Waals surface area contributed by atoms with Gasteiger partial charge in [-0.1, -0.05) is 17.4 Å². The maximum Gasteiger partial charge on any atom is 0.324 e. The van der Waals surface area contributed by atoms with E-state index in [9.17, 15) is 19.7 Å². The van der Waals surface area contributed by atoms with E-state index in [0.717, 1.165) is 22.5 Å². The predicted molar refractivity (Wildman–Crippen MR) is 88.0 cm³/mol. The van der Waals surface area contributed by atoms with Crippen LogP contribution < -0.4 is 15.6 Å². The van der Waals surface area contributed by atoms with Crippen LogP contribution in [0.3, 0.4) is 0 Å². The Kier molecular flexibility index (Phi) is 5.48. The second-order valence-corrected chi connectivity index (χ2v) is 6.07. The molecule has 0 spiro atoms. The molecule has 2 aromatic rings. The van der Waals surface area contributed by atoms with Crippen molar-refractivity contribution < 1.29 is 19.2 Å². The Hall–Kier alpha value is -2.94. The van der Waals surface area contributed by atoms with Gasteiger partial charge in [-0.25, -0.2) is 0 Å². The summed E-state index contributed by atoms with van der Waals surface area (Å²) in [5.74, 6) is -0.621. The van der Waals surface area contributed by atoms with Gasteiger partial charge in [-0.2, -0.15) is 0 Å². The SMILES string of the molecule is Cc1cc(C)cc(OCC(=O)NNC(=O)c2ccc([N+](=O)[O-])s2)c1. The number of hydrogen-bond acceptors (Lipinski definition) is 6. The van der Waals surface area contributed by atoms with Gasteiger partial charge in [0.25, 0.3) is 11.8 Å². The molecule has 1 heterocycles. The van der Waals surface area contributed by atoms with Crippen molar-refractivity contribution in [2.75, 3.05) is 6.61 Å². The van der Waals surface area contributed by atoms with Crippen molar-refractivity contribution in [3.05, 3.63) is 56.5 Å². The van der Waals surface area contributed by atoms with Crippen LogP contribution in [0.1, 0.15) is 20.8 Å². The average Bonchev–Trinajstić information content (AvgIpc) is 3.00. The normalized spacial score (nSPS) is 10.1. The molecule has 0 radical (unpaired) electrons. The lowest BCUT2D eigenvalue weighted by atomic mass is 10.1.